The van der Waals surface area contributed by atoms with E-state index in [2.05, 4.69) is 20.9 Å². The number of aromatic amines is 1. The maximum absolute atomic E-state index is 8.90. The van der Waals surface area contributed by atoms with Crippen LogP contribution in [0.5, 0.6) is 0 Å². The SMILES string of the molecule is OCc1cc2cc(Br)c(Cl)cc2[nH]1. The number of hydrogen-bond acceptors (Lipinski definition) is 1. The first-order valence-corrected chi connectivity index (χ1v) is 4.95. The molecule has 1 aromatic carbocycles. The van der Waals surface area contributed by atoms with Crippen LogP contribution in [0, 0.1) is 0 Å². The first-order chi connectivity index (χ1) is 6.20. The van der Waals surface area contributed by atoms with Crippen molar-refractivity contribution in [1.82, 2.24) is 4.98 Å². The van der Waals surface area contributed by atoms with Crippen molar-refractivity contribution < 1.29 is 5.11 Å². The number of benzene rings is 1. The van der Waals surface area contributed by atoms with Gasteiger partial charge in [0.2, 0.25) is 0 Å². The fourth-order valence-electron chi connectivity index (χ4n) is 1.27. The molecule has 0 radical (unpaired) electrons. The van der Waals surface area contributed by atoms with E-state index >= 15 is 0 Å². The Hall–Kier alpha value is -0.510. The molecule has 2 N–H and O–H groups in total. The van der Waals surface area contributed by atoms with Gasteiger partial charge in [-0.05, 0) is 34.1 Å². The molecular weight excluding hydrogens is 253 g/mol. The highest BCUT2D eigenvalue weighted by molar-refractivity contribution is 9.10. The quantitative estimate of drug-likeness (QED) is 0.812. The molecule has 0 aliphatic carbocycles. The predicted octanol–water partition coefficient (Wildman–Crippen LogP) is 3.08. The van der Waals surface area contributed by atoms with Gasteiger partial charge >= 0.3 is 0 Å². The largest absolute Gasteiger partial charge is 0.390 e. The topological polar surface area (TPSA) is 36.0 Å². The highest BCUT2D eigenvalue weighted by Crippen LogP contribution is 2.28. The summed E-state index contributed by atoms with van der Waals surface area (Å²) in [7, 11) is 0. The Labute approximate surface area is 88.7 Å². The molecule has 0 spiro atoms. The van der Waals surface area contributed by atoms with Crippen LogP contribution in [0.4, 0.5) is 0 Å². The first-order valence-electron chi connectivity index (χ1n) is 3.78. The normalized spacial score (nSPS) is 11.0. The van der Waals surface area contributed by atoms with E-state index in [-0.39, 0.29) is 6.61 Å². The molecule has 1 heterocycles. The molecule has 0 unspecified atom stereocenters. The lowest BCUT2D eigenvalue weighted by Crippen LogP contribution is -1.79. The Morgan fingerprint density at radius 3 is 2.85 bits per heavy atom. The molecule has 0 aliphatic rings. The zero-order chi connectivity index (χ0) is 9.42. The molecule has 13 heavy (non-hydrogen) atoms. The number of aromatic nitrogens is 1. The van der Waals surface area contributed by atoms with Crippen molar-refractivity contribution in [2.75, 3.05) is 0 Å². The molecular formula is C9H7BrClNO. The van der Waals surface area contributed by atoms with E-state index in [0.717, 1.165) is 21.1 Å². The van der Waals surface area contributed by atoms with Crippen molar-refractivity contribution in [1.29, 1.82) is 0 Å². The van der Waals surface area contributed by atoms with Crippen LogP contribution in [0.1, 0.15) is 5.69 Å². The number of aliphatic hydroxyl groups excluding tert-OH is 1. The van der Waals surface area contributed by atoms with Gasteiger partial charge in [-0.25, -0.2) is 0 Å². The fraction of sp³-hybridized carbons (Fsp3) is 0.111. The van der Waals surface area contributed by atoms with Crippen LogP contribution in [0.15, 0.2) is 22.7 Å². The molecule has 4 heteroatoms. The number of hydrogen-bond donors (Lipinski definition) is 2. The number of fused-ring (bicyclic) bond motifs is 1. The molecule has 0 aliphatic heterocycles. The number of H-pyrrole nitrogens is 1. The number of nitrogens with one attached hydrogen (secondary N) is 1. The third-order valence-corrected chi connectivity index (χ3v) is 3.08. The summed E-state index contributed by atoms with van der Waals surface area (Å²) in [6.07, 6.45) is 0. The molecule has 68 valence electrons. The van der Waals surface area contributed by atoms with E-state index in [0.29, 0.717) is 5.02 Å². The van der Waals surface area contributed by atoms with E-state index in [1.165, 1.54) is 0 Å². The summed E-state index contributed by atoms with van der Waals surface area (Å²) in [5, 5.41) is 10.6. The van der Waals surface area contributed by atoms with Gasteiger partial charge in [-0.2, -0.15) is 0 Å². The van der Waals surface area contributed by atoms with Gasteiger partial charge in [0.1, 0.15) is 0 Å². The standard InChI is InChI=1S/C9H7BrClNO/c10-7-2-5-1-6(4-13)12-9(5)3-8(7)11/h1-3,12-13H,4H2. The third-order valence-electron chi connectivity index (χ3n) is 1.89. The molecule has 0 saturated carbocycles. The average molecular weight is 261 g/mol. The van der Waals surface area contributed by atoms with Gasteiger partial charge in [-0.15, -0.1) is 0 Å². The average Bonchev–Trinajstić information content (AvgIpc) is 2.48. The van der Waals surface area contributed by atoms with Gasteiger partial charge in [0.25, 0.3) is 0 Å². The lowest BCUT2D eigenvalue weighted by molar-refractivity contribution is 0.278. The Morgan fingerprint density at radius 1 is 1.38 bits per heavy atom. The van der Waals surface area contributed by atoms with Gasteiger partial charge in [0.15, 0.2) is 0 Å². The maximum Gasteiger partial charge on any atom is 0.0831 e. The highest BCUT2D eigenvalue weighted by Gasteiger charge is 2.03. The lowest BCUT2D eigenvalue weighted by Gasteiger charge is -1.94. The molecule has 0 atom stereocenters. The van der Waals surface area contributed by atoms with Gasteiger partial charge in [0.05, 0.1) is 11.6 Å². The summed E-state index contributed by atoms with van der Waals surface area (Å²) in [6, 6.07) is 5.66. The highest BCUT2D eigenvalue weighted by atomic mass is 79.9. The predicted molar refractivity (Wildman–Crippen MR) is 56.9 cm³/mol. The van der Waals surface area contributed by atoms with Crippen LogP contribution in [-0.4, -0.2) is 10.1 Å². The minimum atomic E-state index is 0.0178. The Bertz CT molecular complexity index is 413. The van der Waals surface area contributed by atoms with Gasteiger partial charge in [0, 0.05) is 21.1 Å². The van der Waals surface area contributed by atoms with Gasteiger partial charge in [-0.1, -0.05) is 11.6 Å². The summed E-state index contributed by atoms with van der Waals surface area (Å²) < 4.78 is 0.866. The minimum Gasteiger partial charge on any atom is -0.390 e. The second-order valence-corrected chi connectivity index (χ2v) is 4.07. The summed E-state index contributed by atoms with van der Waals surface area (Å²) in [5.74, 6) is 0. The van der Waals surface area contributed by atoms with Crippen molar-refractivity contribution in [3.05, 3.63) is 33.4 Å². The summed E-state index contributed by atoms with van der Waals surface area (Å²) in [5.41, 5.74) is 1.74. The molecule has 0 saturated heterocycles. The van der Waals surface area contributed by atoms with Crippen LogP contribution >= 0.6 is 27.5 Å². The molecule has 2 nitrogen and oxygen atoms in total. The van der Waals surface area contributed by atoms with E-state index < -0.39 is 0 Å². The molecule has 0 fully saturated rings. The molecule has 0 bridgehead atoms. The lowest BCUT2D eigenvalue weighted by atomic mass is 10.2. The van der Waals surface area contributed by atoms with Crippen molar-refractivity contribution in [3.63, 3.8) is 0 Å². The second-order valence-electron chi connectivity index (χ2n) is 2.81. The smallest absolute Gasteiger partial charge is 0.0831 e. The monoisotopic (exact) mass is 259 g/mol. The first kappa shape index (κ1) is 9.06. The molecule has 0 amide bonds. The van der Waals surface area contributed by atoms with Crippen molar-refractivity contribution in [2.24, 2.45) is 0 Å². The van der Waals surface area contributed by atoms with Crippen LogP contribution in [0.2, 0.25) is 5.02 Å². The van der Waals surface area contributed by atoms with E-state index in [9.17, 15) is 0 Å². The molecule has 1 aromatic heterocycles. The van der Waals surface area contributed by atoms with E-state index in [1.54, 1.807) is 0 Å². The van der Waals surface area contributed by atoms with Gasteiger partial charge < -0.3 is 10.1 Å². The van der Waals surface area contributed by atoms with E-state index in [1.807, 2.05) is 18.2 Å². The second kappa shape index (κ2) is 3.33. The van der Waals surface area contributed by atoms with Crippen LogP contribution in [-0.2, 0) is 6.61 Å². The number of rotatable bonds is 1. The Morgan fingerprint density at radius 2 is 2.15 bits per heavy atom. The van der Waals surface area contributed by atoms with Crippen molar-refractivity contribution in [3.8, 4) is 0 Å². The van der Waals surface area contributed by atoms with Crippen LogP contribution in [0.3, 0.4) is 0 Å². The maximum atomic E-state index is 8.90. The van der Waals surface area contributed by atoms with Crippen LogP contribution < -0.4 is 0 Å². The minimum absolute atomic E-state index is 0.0178. The Kier molecular flexibility index (Phi) is 2.32. The van der Waals surface area contributed by atoms with Crippen molar-refractivity contribution >= 4 is 38.4 Å². The summed E-state index contributed by atoms with van der Waals surface area (Å²) >= 11 is 9.25. The zero-order valence-corrected chi connectivity index (χ0v) is 8.98. The summed E-state index contributed by atoms with van der Waals surface area (Å²) in [4.78, 5) is 3.06. The zero-order valence-electron chi connectivity index (χ0n) is 6.64. The molecule has 2 aromatic rings. The number of halogens is 2. The Balaban J connectivity index is 2.70. The fourth-order valence-corrected chi connectivity index (χ4v) is 1.80. The third kappa shape index (κ3) is 1.59. The van der Waals surface area contributed by atoms with Gasteiger partial charge in [-0.3, -0.25) is 0 Å². The van der Waals surface area contributed by atoms with Crippen LogP contribution in [0.25, 0.3) is 10.9 Å². The van der Waals surface area contributed by atoms with Crippen molar-refractivity contribution in [2.45, 2.75) is 6.61 Å². The number of aliphatic hydroxyl groups is 1. The van der Waals surface area contributed by atoms with E-state index in [4.69, 9.17) is 16.7 Å². The molecule has 2 rings (SSSR count). The summed E-state index contributed by atoms with van der Waals surface area (Å²) in [6.45, 7) is 0.0178.